The minimum Gasteiger partial charge on any atom is -0.480 e. The molecule has 104 valence electrons. The summed E-state index contributed by atoms with van der Waals surface area (Å²) in [6, 6.07) is 7.46. The minimum atomic E-state index is -0.873. The molecule has 1 unspecified atom stereocenters. The summed E-state index contributed by atoms with van der Waals surface area (Å²) in [6.07, 6.45) is 0. The van der Waals surface area contributed by atoms with Crippen molar-refractivity contribution >= 4 is 51.9 Å². The second-order valence-electron chi connectivity index (χ2n) is 4.37. The van der Waals surface area contributed by atoms with Crippen molar-refractivity contribution in [3.63, 3.8) is 0 Å². The van der Waals surface area contributed by atoms with Crippen molar-refractivity contribution in [1.82, 2.24) is 0 Å². The molecule has 0 aliphatic rings. The number of hydrogen-bond acceptors (Lipinski definition) is 3. The Morgan fingerprint density at radius 1 is 1.42 bits per heavy atom. The van der Waals surface area contributed by atoms with Gasteiger partial charge in [0.05, 0.1) is 5.75 Å². The van der Waals surface area contributed by atoms with Crippen molar-refractivity contribution in [2.75, 3.05) is 11.1 Å². The van der Waals surface area contributed by atoms with Gasteiger partial charge in [0, 0.05) is 9.26 Å². The van der Waals surface area contributed by atoms with E-state index in [4.69, 9.17) is 5.11 Å². The molecular weight excluding hydrogens is 377 g/mol. The number of amides is 1. The number of carboxylic acids is 1. The smallest absolute Gasteiger partial charge is 0.316 e. The average Bonchev–Trinajstić information content (AvgIpc) is 2.27. The van der Waals surface area contributed by atoms with Crippen LogP contribution in [0.4, 0.5) is 5.69 Å². The van der Waals surface area contributed by atoms with Crippen LogP contribution in [0, 0.1) is 9.49 Å². The Hall–Kier alpha value is -0.760. The van der Waals surface area contributed by atoms with E-state index in [1.807, 2.05) is 38.1 Å². The molecule has 0 heterocycles. The molecule has 0 aliphatic carbocycles. The zero-order valence-electron chi connectivity index (χ0n) is 10.7. The van der Waals surface area contributed by atoms with E-state index >= 15 is 0 Å². The molecule has 0 aromatic heterocycles. The molecule has 1 rings (SSSR count). The van der Waals surface area contributed by atoms with E-state index < -0.39 is 11.2 Å². The number of carbonyl (C=O) groups is 2. The van der Waals surface area contributed by atoms with Crippen molar-refractivity contribution in [2.24, 2.45) is 5.92 Å². The first kappa shape index (κ1) is 16.3. The van der Waals surface area contributed by atoms with Gasteiger partial charge in [-0.3, -0.25) is 9.59 Å². The number of carbonyl (C=O) groups excluding carboxylic acids is 1. The molecule has 6 heteroatoms. The monoisotopic (exact) mass is 393 g/mol. The highest BCUT2D eigenvalue weighted by Gasteiger charge is 2.22. The molecule has 1 aromatic rings. The second-order valence-corrected chi connectivity index (χ2v) is 6.75. The molecule has 1 amide bonds. The van der Waals surface area contributed by atoms with E-state index in [1.165, 1.54) is 0 Å². The van der Waals surface area contributed by atoms with Crippen molar-refractivity contribution in [2.45, 2.75) is 19.1 Å². The number of rotatable bonds is 6. The molecule has 1 atom stereocenters. The lowest BCUT2D eigenvalue weighted by Gasteiger charge is -2.15. The molecule has 0 bridgehead atoms. The minimum absolute atomic E-state index is 0.00651. The normalized spacial score (nSPS) is 12.2. The third-order valence-electron chi connectivity index (χ3n) is 2.35. The Morgan fingerprint density at radius 3 is 2.63 bits per heavy atom. The lowest BCUT2D eigenvalue weighted by Crippen LogP contribution is -2.25. The topological polar surface area (TPSA) is 66.4 Å². The maximum absolute atomic E-state index is 11.7. The van der Waals surface area contributed by atoms with E-state index in [9.17, 15) is 9.59 Å². The largest absolute Gasteiger partial charge is 0.480 e. The van der Waals surface area contributed by atoms with Gasteiger partial charge < -0.3 is 10.4 Å². The van der Waals surface area contributed by atoms with Crippen LogP contribution >= 0.6 is 34.4 Å². The van der Waals surface area contributed by atoms with Crippen molar-refractivity contribution in [3.8, 4) is 0 Å². The van der Waals surface area contributed by atoms with E-state index in [-0.39, 0.29) is 17.6 Å². The zero-order chi connectivity index (χ0) is 14.4. The summed E-state index contributed by atoms with van der Waals surface area (Å²) in [6.45, 7) is 3.67. The lowest BCUT2D eigenvalue weighted by molar-refractivity contribution is -0.137. The number of anilines is 1. The first-order valence-electron chi connectivity index (χ1n) is 5.80. The maximum Gasteiger partial charge on any atom is 0.316 e. The fourth-order valence-electron chi connectivity index (χ4n) is 1.48. The Bertz CT molecular complexity index is 465. The van der Waals surface area contributed by atoms with Crippen molar-refractivity contribution in [1.29, 1.82) is 0 Å². The van der Waals surface area contributed by atoms with Crippen LogP contribution < -0.4 is 5.32 Å². The van der Waals surface area contributed by atoms with Crippen LogP contribution in [0.2, 0.25) is 0 Å². The van der Waals surface area contributed by atoms with Crippen LogP contribution in [0.15, 0.2) is 24.3 Å². The lowest BCUT2D eigenvalue weighted by atomic mass is 10.1. The van der Waals surface area contributed by atoms with E-state index in [0.717, 1.165) is 21.0 Å². The van der Waals surface area contributed by atoms with E-state index in [0.29, 0.717) is 0 Å². The van der Waals surface area contributed by atoms with Crippen LogP contribution in [0.5, 0.6) is 0 Å². The highest BCUT2D eigenvalue weighted by Crippen LogP contribution is 2.20. The van der Waals surface area contributed by atoms with Crippen LogP contribution in [0.3, 0.4) is 0 Å². The molecule has 1 aromatic carbocycles. The van der Waals surface area contributed by atoms with Gasteiger partial charge in [-0.25, -0.2) is 0 Å². The van der Waals surface area contributed by atoms with Gasteiger partial charge in [-0.2, -0.15) is 0 Å². The number of benzene rings is 1. The Kier molecular flexibility index (Phi) is 6.64. The van der Waals surface area contributed by atoms with Crippen molar-refractivity contribution < 1.29 is 14.7 Å². The van der Waals surface area contributed by atoms with Crippen LogP contribution in [0.25, 0.3) is 0 Å². The van der Waals surface area contributed by atoms with E-state index in [1.54, 1.807) is 0 Å². The molecule has 0 spiro atoms. The predicted octanol–water partition coefficient (Wildman–Crippen LogP) is 3.07. The number of thioether (sulfide) groups is 1. The van der Waals surface area contributed by atoms with Gasteiger partial charge in [-0.1, -0.05) is 19.9 Å². The third kappa shape index (κ3) is 5.82. The molecular formula is C13H16INO3S. The summed E-state index contributed by atoms with van der Waals surface area (Å²) >= 11 is 3.32. The summed E-state index contributed by atoms with van der Waals surface area (Å²) < 4.78 is 1.04. The summed E-state index contributed by atoms with van der Waals surface area (Å²) in [5.74, 6) is -0.922. The number of halogens is 1. The fraction of sp³-hybridized carbons (Fsp3) is 0.385. The Balaban J connectivity index is 2.50. The molecule has 0 radical (unpaired) electrons. The third-order valence-corrected chi connectivity index (χ3v) is 4.56. The highest BCUT2D eigenvalue weighted by atomic mass is 127. The number of nitrogens with one attached hydrogen (secondary N) is 1. The highest BCUT2D eigenvalue weighted by molar-refractivity contribution is 14.1. The van der Waals surface area contributed by atoms with Gasteiger partial charge in [0.2, 0.25) is 5.91 Å². The van der Waals surface area contributed by atoms with Gasteiger partial charge in [-0.15, -0.1) is 11.8 Å². The van der Waals surface area contributed by atoms with Gasteiger partial charge >= 0.3 is 5.97 Å². The molecule has 0 fully saturated rings. The van der Waals surface area contributed by atoms with Crippen molar-refractivity contribution in [3.05, 3.63) is 27.8 Å². The van der Waals surface area contributed by atoms with Gasteiger partial charge in [0.25, 0.3) is 0 Å². The summed E-state index contributed by atoms with van der Waals surface area (Å²) in [7, 11) is 0. The SMILES string of the molecule is CC(C)C(SCC(=O)Nc1cccc(I)c1)C(=O)O. The number of carboxylic acid groups (broad SMARTS) is 1. The Labute approximate surface area is 130 Å². The van der Waals surface area contributed by atoms with Gasteiger partial charge in [-0.05, 0) is 46.7 Å². The first-order chi connectivity index (χ1) is 8.90. The summed E-state index contributed by atoms with van der Waals surface area (Å²) in [5.41, 5.74) is 0.730. The standard InChI is InChI=1S/C13H16INO3S/c1-8(2)12(13(17)18)19-7-11(16)15-10-5-3-4-9(14)6-10/h3-6,8,12H,7H2,1-2H3,(H,15,16)(H,17,18). The zero-order valence-corrected chi connectivity index (χ0v) is 13.7. The van der Waals surface area contributed by atoms with E-state index in [2.05, 4.69) is 27.9 Å². The molecule has 2 N–H and O–H groups in total. The molecule has 4 nitrogen and oxygen atoms in total. The Morgan fingerprint density at radius 2 is 2.11 bits per heavy atom. The second kappa shape index (κ2) is 7.74. The van der Waals surface area contributed by atoms with Crippen LogP contribution in [-0.4, -0.2) is 28.0 Å². The summed E-state index contributed by atoms with van der Waals surface area (Å²) in [5, 5.41) is 11.2. The van der Waals surface area contributed by atoms with Crippen LogP contribution in [0.1, 0.15) is 13.8 Å². The molecule has 0 saturated carbocycles. The first-order valence-corrected chi connectivity index (χ1v) is 7.92. The van der Waals surface area contributed by atoms with Crippen LogP contribution in [-0.2, 0) is 9.59 Å². The number of hydrogen-bond donors (Lipinski definition) is 2. The molecule has 0 saturated heterocycles. The maximum atomic E-state index is 11.7. The molecule has 0 aliphatic heterocycles. The quantitative estimate of drug-likeness (QED) is 0.730. The fourth-order valence-corrected chi connectivity index (χ4v) is 2.95. The molecule has 19 heavy (non-hydrogen) atoms. The average molecular weight is 393 g/mol. The van der Waals surface area contributed by atoms with Gasteiger partial charge in [0.15, 0.2) is 0 Å². The predicted molar refractivity (Wildman–Crippen MR) is 86.5 cm³/mol. The number of aliphatic carboxylic acids is 1. The van der Waals surface area contributed by atoms with Gasteiger partial charge in [0.1, 0.15) is 5.25 Å². The summed E-state index contributed by atoms with van der Waals surface area (Å²) in [4.78, 5) is 22.7.